The molecule has 1 heterocycles. The summed E-state index contributed by atoms with van der Waals surface area (Å²) in [4.78, 5) is 2.09. The van der Waals surface area contributed by atoms with Crippen LogP contribution in [0.2, 0.25) is 0 Å². The molecule has 0 saturated carbocycles. The Balaban J connectivity index is 1.78. The van der Waals surface area contributed by atoms with Gasteiger partial charge in [0.15, 0.2) is 0 Å². The van der Waals surface area contributed by atoms with Crippen molar-refractivity contribution in [2.24, 2.45) is 7.05 Å². The zero-order chi connectivity index (χ0) is 15.9. The Kier molecular flexibility index (Phi) is 3.91. The Labute approximate surface area is 130 Å². The number of benzene rings is 1. The summed E-state index contributed by atoms with van der Waals surface area (Å²) in [6, 6.07) is 5.43. The number of nitrogens with one attached hydrogen (secondary N) is 1. The first-order chi connectivity index (χ1) is 10.5. The van der Waals surface area contributed by atoms with Crippen LogP contribution < -0.4 is 10.2 Å². The van der Waals surface area contributed by atoms with Gasteiger partial charge in [-0.1, -0.05) is 6.07 Å². The molecule has 0 spiro atoms. The number of hydrogen-bond acceptors (Lipinski definition) is 3. The molecule has 3 rings (SSSR count). The number of aryl methyl sites for hydroxylation is 3. The zero-order valence-corrected chi connectivity index (χ0v) is 13.7. The molecule has 1 N–H and O–H groups in total. The van der Waals surface area contributed by atoms with Crippen LogP contribution >= 0.6 is 0 Å². The molecule has 0 bridgehead atoms. The fraction of sp³-hybridized carbons (Fsp3) is 0.471. The van der Waals surface area contributed by atoms with Crippen molar-refractivity contribution in [2.75, 3.05) is 19.0 Å². The van der Waals surface area contributed by atoms with Crippen molar-refractivity contribution in [1.29, 1.82) is 0 Å². The largest absolute Gasteiger partial charge is 0.363 e. The monoisotopic (exact) mass is 302 g/mol. The molecular formula is C17H23FN4. The Morgan fingerprint density at radius 3 is 2.91 bits per heavy atom. The van der Waals surface area contributed by atoms with E-state index < -0.39 is 0 Å². The SMILES string of the molecule is Cc1nn(C)c(N(C)C)c1CN[C@H]1CCc2cc(F)ccc21. The molecule has 0 radical (unpaired) electrons. The number of aromatic nitrogens is 2. The van der Waals surface area contributed by atoms with Gasteiger partial charge < -0.3 is 10.2 Å². The molecule has 0 unspecified atom stereocenters. The van der Waals surface area contributed by atoms with Gasteiger partial charge in [0, 0.05) is 39.3 Å². The topological polar surface area (TPSA) is 33.1 Å². The van der Waals surface area contributed by atoms with Gasteiger partial charge in [0.2, 0.25) is 0 Å². The van der Waals surface area contributed by atoms with Crippen molar-refractivity contribution in [3.63, 3.8) is 0 Å². The molecule has 0 fully saturated rings. The van der Waals surface area contributed by atoms with Crippen LogP contribution in [0.3, 0.4) is 0 Å². The lowest BCUT2D eigenvalue weighted by molar-refractivity contribution is 0.529. The van der Waals surface area contributed by atoms with E-state index in [1.807, 2.05) is 38.8 Å². The predicted molar refractivity (Wildman–Crippen MR) is 86.6 cm³/mol. The van der Waals surface area contributed by atoms with E-state index in [1.54, 1.807) is 12.1 Å². The second-order valence-electron chi connectivity index (χ2n) is 6.22. The molecule has 4 nitrogen and oxygen atoms in total. The number of anilines is 1. The van der Waals surface area contributed by atoms with E-state index in [1.165, 1.54) is 11.1 Å². The third-order valence-electron chi connectivity index (χ3n) is 4.44. The zero-order valence-electron chi connectivity index (χ0n) is 13.7. The highest BCUT2D eigenvalue weighted by molar-refractivity contribution is 5.49. The quantitative estimate of drug-likeness (QED) is 0.942. The van der Waals surface area contributed by atoms with Gasteiger partial charge in [-0.05, 0) is 43.0 Å². The van der Waals surface area contributed by atoms with E-state index in [9.17, 15) is 4.39 Å². The summed E-state index contributed by atoms with van der Waals surface area (Å²) in [6.45, 7) is 2.82. The Bertz CT molecular complexity index is 690. The second kappa shape index (κ2) is 5.72. The van der Waals surface area contributed by atoms with Crippen LogP contribution in [0.1, 0.15) is 34.8 Å². The van der Waals surface area contributed by atoms with Crippen LogP contribution in [0, 0.1) is 12.7 Å². The maximum absolute atomic E-state index is 13.3. The first-order valence-electron chi connectivity index (χ1n) is 7.69. The highest BCUT2D eigenvalue weighted by Gasteiger charge is 2.23. The summed E-state index contributed by atoms with van der Waals surface area (Å²) in [5.41, 5.74) is 4.64. The maximum Gasteiger partial charge on any atom is 0.130 e. The van der Waals surface area contributed by atoms with Gasteiger partial charge in [-0.2, -0.15) is 5.10 Å². The summed E-state index contributed by atoms with van der Waals surface area (Å²) < 4.78 is 15.2. The van der Waals surface area contributed by atoms with E-state index in [0.29, 0.717) is 6.04 Å². The van der Waals surface area contributed by atoms with Crippen molar-refractivity contribution in [1.82, 2.24) is 15.1 Å². The maximum atomic E-state index is 13.3. The van der Waals surface area contributed by atoms with E-state index in [2.05, 4.69) is 15.3 Å². The highest BCUT2D eigenvalue weighted by Crippen LogP contribution is 2.32. The Hall–Kier alpha value is -1.88. The first kappa shape index (κ1) is 15.0. The molecule has 1 aliphatic rings. The molecule has 1 aromatic heterocycles. The molecule has 1 aliphatic carbocycles. The molecule has 1 aromatic carbocycles. The van der Waals surface area contributed by atoms with Crippen LogP contribution in [0.25, 0.3) is 0 Å². The van der Waals surface area contributed by atoms with E-state index in [4.69, 9.17) is 0 Å². The number of halogens is 1. The fourth-order valence-electron chi connectivity index (χ4n) is 3.48. The molecule has 1 atom stereocenters. The van der Waals surface area contributed by atoms with Gasteiger partial charge in [0.25, 0.3) is 0 Å². The normalized spacial score (nSPS) is 16.9. The van der Waals surface area contributed by atoms with Crippen molar-refractivity contribution < 1.29 is 4.39 Å². The number of hydrogen-bond donors (Lipinski definition) is 1. The summed E-state index contributed by atoms with van der Waals surface area (Å²) >= 11 is 0. The summed E-state index contributed by atoms with van der Waals surface area (Å²) in [5, 5.41) is 8.14. The minimum atomic E-state index is -0.141. The van der Waals surface area contributed by atoms with Crippen molar-refractivity contribution in [3.8, 4) is 0 Å². The Morgan fingerprint density at radius 1 is 1.41 bits per heavy atom. The molecule has 0 saturated heterocycles. The van der Waals surface area contributed by atoms with Gasteiger partial charge in [0.1, 0.15) is 11.6 Å². The van der Waals surface area contributed by atoms with Crippen molar-refractivity contribution >= 4 is 5.82 Å². The fourth-order valence-corrected chi connectivity index (χ4v) is 3.48. The molecule has 2 aromatic rings. The van der Waals surface area contributed by atoms with Gasteiger partial charge in [-0.25, -0.2) is 4.39 Å². The summed E-state index contributed by atoms with van der Waals surface area (Å²) in [7, 11) is 6.04. The third-order valence-corrected chi connectivity index (χ3v) is 4.44. The molecular weight excluding hydrogens is 279 g/mol. The van der Waals surface area contributed by atoms with Gasteiger partial charge in [0.05, 0.1) is 5.69 Å². The van der Waals surface area contributed by atoms with Crippen LogP contribution in [0.5, 0.6) is 0 Å². The summed E-state index contributed by atoms with van der Waals surface area (Å²) in [6.07, 6.45) is 1.96. The Morgan fingerprint density at radius 2 is 2.18 bits per heavy atom. The molecule has 0 amide bonds. The lowest BCUT2D eigenvalue weighted by atomic mass is 10.1. The lowest BCUT2D eigenvalue weighted by Crippen LogP contribution is -2.21. The number of rotatable bonds is 4. The molecule has 5 heteroatoms. The number of fused-ring (bicyclic) bond motifs is 1. The predicted octanol–water partition coefficient (Wildman–Crippen LogP) is 2.71. The lowest BCUT2D eigenvalue weighted by Gasteiger charge is -2.18. The van der Waals surface area contributed by atoms with Gasteiger partial charge in [-0.15, -0.1) is 0 Å². The first-order valence-corrected chi connectivity index (χ1v) is 7.69. The van der Waals surface area contributed by atoms with Crippen LogP contribution in [-0.4, -0.2) is 23.9 Å². The van der Waals surface area contributed by atoms with Gasteiger partial charge >= 0.3 is 0 Å². The second-order valence-corrected chi connectivity index (χ2v) is 6.22. The molecule has 118 valence electrons. The minimum Gasteiger partial charge on any atom is -0.363 e. The minimum absolute atomic E-state index is 0.141. The van der Waals surface area contributed by atoms with Crippen LogP contribution in [0.4, 0.5) is 10.2 Å². The van der Waals surface area contributed by atoms with Crippen LogP contribution in [-0.2, 0) is 20.0 Å². The van der Waals surface area contributed by atoms with Crippen LogP contribution in [0.15, 0.2) is 18.2 Å². The van der Waals surface area contributed by atoms with E-state index in [0.717, 1.165) is 36.5 Å². The highest BCUT2D eigenvalue weighted by atomic mass is 19.1. The smallest absolute Gasteiger partial charge is 0.130 e. The van der Waals surface area contributed by atoms with E-state index in [-0.39, 0.29) is 5.82 Å². The standard InChI is InChI=1S/C17H23FN4/c1-11-15(17(21(2)3)22(4)20-11)10-19-16-8-5-12-9-13(18)6-7-14(12)16/h6-7,9,16,19H,5,8,10H2,1-4H3/t16-/m0/s1. The average molecular weight is 302 g/mol. The molecule has 22 heavy (non-hydrogen) atoms. The molecule has 0 aliphatic heterocycles. The average Bonchev–Trinajstić information content (AvgIpc) is 2.96. The van der Waals surface area contributed by atoms with Gasteiger partial charge in [-0.3, -0.25) is 4.68 Å². The third kappa shape index (κ3) is 2.61. The van der Waals surface area contributed by atoms with E-state index >= 15 is 0 Å². The van der Waals surface area contributed by atoms with Crippen molar-refractivity contribution in [2.45, 2.75) is 32.4 Å². The number of nitrogens with zero attached hydrogens (tertiary/aromatic N) is 3. The van der Waals surface area contributed by atoms with Crippen molar-refractivity contribution in [3.05, 3.63) is 46.4 Å². The summed E-state index contributed by atoms with van der Waals surface area (Å²) in [5.74, 6) is 0.986.